The Morgan fingerprint density at radius 1 is 0.239 bits per heavy atom. The number of furan rings is 4. The second kappa shape index (κ2) is 8.68. The number of rotatable bonds is 2. The first-order valence-corrected chi connectivity index (χ1v) is 15.4. The Hall–Kier alpha value is -6.26. The van der Waals surface area contributed by atoms with Crippen molar-refractivity contribution in [1.29, 1.82) is 0 Å². The van der Waals surface area contributed by atoms with E-state index in [1.54, 1.807) is 0 Å². The maximum absolute atomic E-state index is 6.30. The van der Waals surface area contributed by atoms with E-state index in [-0.39, 0.29) is 0 Å². The first-order chi connectivity index (χ1) is 22.7. The average molecular weight is 591 g/mol. The van der Waals surface area contributed by atoms with Gasteiger partial charge in [0.05, 0.1) is 0 Å². The van der Waals surface area contributed by atoms with E-state index in [0.29, 0.717) is 0 Å². The molecule has 0 bridgehead atoms. The Morgan fingerprint density at radius 2 is 0.630 bits per heavy atom. The van der Waals surface area contributed by atoms with Gasteiger partial charge in [0.2, 0.25) is 0 Å². The van der Waals surface area contributed by atoms with Crippen LogP contribution in [0.25, 0.3) is 110 Å². The van der Waals surface area contributed by atoms with Crippen LogP contribution in [0.2, 0.25) is 0 Å². The first kappa shape index (κ1) is 24.1. The maximum Gasteiger partial charge on any atom is 0.136 e. The van der Waals surface area contributed by atoms with Crippen LogP contribution in [-0.2, 0) is 0 Å². The van der Waals surface area contributed by atoms with Crippen LogP contribution in [0.15, 0.2) is 151 Å². The summed E-state index contributed by atoms with van der Waals surface area (Å²) in [5, 5.41) is 8.69. The van der Waals surface area contributed by atoms with Crippen molar-refractivity contribution in [2.24, 2.45) is 0 Å². The van der Waals surface area contributed by atoms with Gasteiger partial charge in [-0.1, -0.05) is 72.8 Å². The van der Waals surface area contributed by atoms with Crippen LogP contribution in [0, 0.1) is 0 Å². The Kier molecular flexibility index (Phi) is 4.55. The number of benzene rings is 7. The molecular formula is C42H22O4. The molecule has 11 rings (SSSR count). The van der Waals surface area contributed by atoms with Gasteiger partial charge in [-0.15, -0.1) is 0 Å². The topological polar surface area (TPSA) is 52.6 Å². The summed E-state index contributed by atoms with van der Waals surface area (Å²) in [5.41, 5.74) is 11.5. The molecule has 4 heteroatoms. The number of para-hydroxylation sites is 2. The predicted octanol–water partition coefficient (Wildman–Crippen LogP) is 12.6. The summed E-state index contributed by atoms with van der Waals surface area (Å²) >= 11 is 0. The number of fused-ring (bicyclic) bond motifs is 13. The molecule has 0 aliphatic carbocycles. The fraction of sp³-hybridized carbons (Fsp3) is 0. The van der Waals surface area contributed by atoms with E-state index in [1.165, 1.54) is 0 Å². The molecule has 0 aliphatic rings. The van der Waals surface area contributed by atoms with Gasteiger partial charge in [0, 0.05) is 43.1 Å². The normalized spacial score (nSPS) is 12.3. The van der Waals surface area contributed by atoms with Crippen molar-refractivity contribution >= 4 is 87.8 Å². The van der Waals surface area contributed by atoms with Crippen molar-refractivity contribution in [3.05, 3.63) is 133 Å². The molecule has 7 aromatic carbocycles. The van der Waals surface area contributed by atoms with Gasteiger partial charge < -0.3 is 17.7 Å². The van der Waals surface area contributed by atoms with Crippen molar-refractivity contribution in [3.8, 4) is 22.3 Å². The second-order valence-corrected chi connectivity index (χ2v) is 12.1. The van der Waals surface area contributed by atoms with Gasteiger partial charge in [-0.2, -0.15) is 0 Å². The zero-order valence-electron chi connectivity index (χ0n) is 24.3. The van der Waals surface area contributed by atoms with Crippen molar-refractivity contribution in [1.82, 2.24) is 0 Å². The third kappa shape index (κ3) is 3.27. The molecule has 11 aromatic rings. The zero-order chi connectivity index (χ0) is 29.9. The molecule has 0 unspecified atom stereocenters. The largest absolute Gasteiger partial charge is 0.456 e. The van der Waals surface area contributed by atoms with Crippen LogP contribution in [0.4, 0.5) is 0 Å². The van der Waals surface area contributed by atoms with E-state index in [2.05, 4.69) is 91.0 Å². The summed E-state index contributed by atoms with van der Waals surface area (Å²) in [6.45, 7) is 0. The summed E-state index contributed by atoms with van der Waals surface area (Å²) in [5.74, 6) is 0. The van der Waals surface area contributed by atoms with Crippen LogP contribution in [0.5, 0.6) is 0 Å². The third-order valence-corrected chi connectivity index (χ3v) is 9.49. The number of hydrogen-bond acceptors (Lipinski definition) is 4. The van der Waals surface area contributed by atoms with E-state index in [0.717, 1.165) is 110 Å². The Morgan fingerprint density at radius 3 is 1.28 bits per heavy atom. The fourth-order valence-electron chi connectivity index (χ4n) is 7.29. The SMILES string of the molecule is c1ccc2c(c1)oc1cc3c(cc12)oc1ccc(-c2ccc(-c4ccc5oc6ccc7oc8ccccc8c7c6c5c4)cc2)cc13. The Labute approximate surface area is 260 Å². The lowest BCUT2D eigenvalue weighted by atomic mass is 9.97. The Balaban J connectivity index is 1.01. The van der Waals surface area contributed by atoms with E-state index < -0.39 is 0 Å². The molecule has 0 atom stereocenters. The van der Waals surface area contributed by atoms with Gasteiger partial charge in [-0.05, 0) is 82.9 Å². The summed E-state index contributed by atoms with van der Waals surface area (Å²) in [7, 11) is 0. The van der Waals surface area contributed by atoms with Crippen molar-refractivity contribution in [3.63, 3.8) is 0 Å². The molecule has 0 radical (unpaired) electrons. The van der Waals surface area contributed by atoms with Crippen LogP contribution >= 0.6 is 0 Å². The standard InChI is InChI=1S/C42H22O4/c1-3-7-33-27(5-1)30-21-40-31(22-39(30)45-33)29-19-25(13-15-35(29)46-40)23-9-11-24(12-10-23)26-14-16-36-32(20-26)42-38(44-36)18-17-37-41(42)28-6-2-4-8-34(28)43-37/h1-22H. The lowest BCUT2D eigenvalue weighted by Crippen LogP contribution is -1.81. The monoisotopic (exact) mass is 590 g/mol. The van der Waals surface area contributed by atoms with Gasteiger partial charge >= 0.3 is 0 Å². The predicted molar refractivity (Wildman–Crippen MR) is 186 cm³/mol. The molecule has 0 spiro atoms. The maximum atomic E-state index is 6.30. The van der Waals surface area contributed by atoms with Crippen LogP contribution in [0.3, 0.4) is 0 Å². The molecule has 4 nitrogen and oxygen atoms in total. The Bertz CT molecular complexity index is 3020. The summed E-state index contributed by atoms with van der Waals surface area (Å²) < 4.78 is 24.9. The molecule has 0 fully saturated rings. The van der Waals surface area contributed by atoms with Crippen LogP contribution in [-0.4, -0.2) is 0 Å². The molecule has 46 heavy (non-hydrogen) atoms. The first-order valence-electron chi connectivity index (χ1n) is 15.4. The lowest BCUT2D eigenvalue weighted by molar-refractivity contribution is 0.663. The van der Waals surface area contributed by atoms with E-state index >= 15 is 0 Å². The van der Waals surface area contributed by atoms with Crippen molar-refractivity contribution in [2.75, 3.05) is 0 Å². The highest BCUT2D eigenvalue weighted by Crippen LogP contribution is 2.42. The summed E-state index contributed by atoms with van der Waals surface area (Å²) in [6.07, 6.45) is 0. The molecular weight excluding hydrogens is 568 g/mol. The molecule has 0 saturated heterocycles. The van der Waals surface area contributed by atoms with E-state index in [9.17, 15) is 0 Å². The summed E-state index contributed by atoms with van der Waals surface area (Å²) in [4.78, 5) is 0. The minimum Gasteiger partial charge on any atom is -0.456 e. The minimum atomic E-state index is 0.865. The average Bonchev–Trinajstić information content (AvgIpc) is 3.86. The van der Waals surface area contributed by atoms with Gasteiger partial charge in [-0.25, -0.2) is 0 Å². The lowest BCUT2D eigenvalue weighted by Gasteiger charge is -2.06. The van der Waals surface area contributed by atoms with Gasteiger partial charge in [0.25, 0.3) is 0 Å². The molecule has 0 amide bonds. The van der Waals surface area contributed by atoms with Crippen molar-refractivity contribution in [2.45, 2.75) is 0 Å². The molecule has 4 aromatic heterocycles. The van der Waals surface area contributed by atoms with Gasteiger partial charge in [0.1, 0.15) is 44.7 Å². The van der Waals surface area contributed by atoms with E-state index in [4.69, 9.17) is 17.7 Å². The van der Waals surface area contributed by atoms with Gasteiger partial charge in [0.15, 0.2) is 0 Å². The highest BCUT2D eigenvalue weighted by Gasteiger charge is 2.17. The fourth-order valence-corrected chi connectivity index (χ4v) is 7.29. The summed E-state index contributed by atoms with van der Waals surface area (Å²) in [6, 6.07) is 46.2. The molecule has 4 heterocycles. The molecule has 0 saturated carbocycles. The highest BCUT2D eigenvalue weighted by molar-refractivity contribution is 6.26. The number of hydrogen-bond donors (Lipinski definition) is 0. The van der Waals surface area contributed by atoms with Crippen LogP contribution in [0.1, 0.15) is 0 Å². The minimum absolute atomic E-state index is 0.865. The third-order valence-electron chi connectivity index (χ3n) is 9.49. The smallest absolute Gasteiger partial charge is 0.136 e. The van der Waals surface area contributed by atoms with Crippen LogP contribution < -0.4 is 0 Å². The van der Waals surface area contributed by atoms with E-state index in [1.807, 2.05) is 42.5 Å². The second-order valence-electron chi connectivity index (χ2n) is 12.1. The van der Waals surface area contributed by atoms with Gasteiger partial charge in [-0.3, -0.25) is 0 Å². The quantitative estimate of drug-likeness (QED) is 0.201. The molecule has 0 aliphatic heterocycles. The zero-order valence-corrected chi connectivity index (χ0v) is 24.3. The molecule has 0 N–H and O–H groups in total. The highest BCUT2D eigenvalue weighted by atomic mass is 16.3. The molecule has 214 valence electrons. The van der Waals surface area contributed by atoms with Crippen molar-refractivity contribution < 1.29 is 17.7 Å².